The number of nitrogens with one attached hydrogen (secondary N) is 1. The number of amides is 1. The molecular formula is C15H14N2O3S. The number of nitrogens with zero attached hydrogens (tertiary/aromatic N) is 1. The van der Waals surface area contributed by atoms with Gasteiger partial charge in [0.1, 0.15) is 5.92 Å². The van der Waals surface area contributed by atoms with Gasteiger partial charge in [-0.05, 0) is 11.8 Å². The minimum atomic E-state index is -1.05. The lowest BCUT2D eigenvalue weighted by Crippen LogP contribution is -2.44. The predicted octanol–water partition coefficient (Wildman–Crippen LogP) is 1.79. The molecule has 0 spiro atoms. The highest BCUT2D eigenvalue weighted by Crippen LogP contribution is 2.39. The maximum absolute atomic E-state index is 12.2. The Kier molecular flexibility index (Phi) is 4.66. The van der Waals surface area contributed by atoms with Crippen LogP contribution in [0.5, 0.6) is 0 Å². The van der Waals surface area contributed by atoms with Gasteiger partial charge in [0, 0.05) is 5.92 Å². The maximum atomic E-state index is 12.2. The van der Waals surface area contributed by atoms with Crippen LogP contribution in [0.1, 0.15) is 11.5 Å². The van der Waals surface area contributed by atoms with Crippen molar-refractivity contribution < 1.29 is 14.3 Å². The van der Waals surface area contributed by atoms with Crippen LogP contribution in [0.2, 0.25) is 0 Å². The third-order valence-corrected chi connectivity index (χ3v) is 4.08. The summed E-state index contributed by atoms with van der Waals surface area (Å²) in [5.41, 5.74) is 1.12. The number of allylic oxidation sites excluding steroid dienone is 1. The summed E-state index contributed by atoms with van der Waals surface area (Å²) in [6.45, 7) is 0. The molecule has 1 aromatic carbocycles. The zero-order valence-corrected chi connectivity index (χ0v) is 12.4. The number of nitriles is 1. The summed E-state index contributed by atoms with van der Waals surface area (Å²) < 4.78 is 4.73. The molecule has 108 valence electrons. The second kappa shape index (κ2) is 6.46. The molecular weight excluding hydrogens is 288 g/mol. The van der Waals surface area contributed by atoms with Gasteiger partial charge in [-0.1, -0.05) is 30.3 Å². The third-order valence-electron chi connectivity index (χ3n) is 3.35. The molecule has 0 aromatic heterocycles. The fourth-order valence-electron chi connectivity index (χ4n) is 2.39. The van der Waals surface area contributed by atoms with Gasteiger partial charge in [-0.2, -0.15) is 5.26 Å². The fourth-order valence-corrected chi connectivity index (χ4v) is 2.98. The normalized spacial score (nSPS) is 21.5. The first kappa shape index (κ1) is 15.1. The van der Waals surface area contributed by atoms with Gasteiger partial charge in [0.05, 0.1) is 23.8 Å². The number of methoxy groups -OCH3 is 1. The van der Waals surface area contributed by atoms with E-state index in [2.05, 4.69) is 11.4 Å². The topological polar surface area (TPSA) is 79.2 Å². The summed E-state index contributed by atoms with van der Waals surface area (Å²) in [6, 6.07) is 11.2. The number of thioether (sulfide) groups is 1. The van der Waals surface area contributed by atoms with E-state index < -0.39 is 23.7 Å². The van der Waals surface area contributed by atoms with E-state index in [9.17, 15) is 14.9 Å². The first-order valence-corrected chi connectivity index (χ1v) is 7.48. The molecule has 21 heavy (non-hydrogen) atoms. The van der Waals surface area contributed by atoms with Gasteiger partial charge >= 0.3 is 5.97 Å². The van der Waals surface area contributed by atoms with Crippen molar-refractivity contribution in [3.8, 4) is 6.07 Å². The smallest absolute Gasteiger partial charge is 0.319 e. The Balaban J connectivity index is 2.62. The molecule has 1 amide bonds. The van der Waals surface area contributed by atoms with Crippen molar-refractivity contribution in [2.75, 3.05) is 13.4 Å². The second-order valence-corrected chi connectivity index (χ2v) is 5.25. The number of esters is 1. The molecule has 1 aliphatic rings. The number of hydrogen-bond donors (Lipinski definition) is 1. The average Bonchev–Trinajstić information content (AvgIpc) is 2.53. The number of carbonyl (C=O) groups is 2. The zero-order valence-electron chi connectivity index (χ0n) is 11.6. The van der Waals surface area contributed by atoms with Crippen LogP contribution in [-0.2, 0) is 14.3 Å². The molecule has 0 fully saturated rings. The summed E-state index contributed by atoms with van der Waals surface area (Å²) in [4.78, 5) is 24.2. The van der Waals surface area contributed by atoms with E-state index in [1.165, 1.54) is 18.9 Å². The Bertz CT molecular complexity index is 634. The summed E-state index contributed by atoms with van der Waals surface area (Å²) >= 11 is 1.28. The molecule has 0 unspecified atom stereocenters. The number of ether oxygens (including phenoxy) is 1. The van der Waals surface area contributed by atoms with Crippen molar-refractivity contribution in [2.24, 2.45) is 5.92 Å². The number of carbonyl (C=O) groups excluding carboxylic acids is 2. The van der Waals surface area contributed by atoms with Crippen LogP contribution >= 0.6 is 11.8 Å². The van der Waals surface area contributed by atoms with Gasteiger partial charge in [0.25, 0.3) is 0 Å². The third kappa shape index (κ3) is 2.78. The summed E-state index contributed by atoms with van der Waals surface area (Å²) in [5, 5.41) is 12.6. The summed E-state index contributed by atoms with van der Waals surface area (Å²) in [6.07, 6.45) is 1.77. The van der Waals surface area contributed by atoms with E-state index >= 15 is 0 Å². The van der Waals surface area contributed by atoms with Crippen LogP contribution in [-0.4, -0.2) is 25.2 Å². The van der Waals surface area contributed by atoms with E-state index in [1.807, 2.05) is 18.2 Å². The van der Waals surface area contributed by atoms with Crippen molar-refractivity contribution in [1.82, 2.24) is 5.32 Å². The Morgan fingerprint density at radius 3 is 2.57 bits per heavy atom. The first-order chi connectivity index (χ1) is 10.1. The quantitative estimate of drug-likeness (QED) is 0.680. The SMILES string of the molecule is COC(=O)[C@@H]1C(=O)NC(SC)=C(C#N)[C@@H]1c1ccccc1. The number of rotatable bonds is 3. The van der Waals surface area contributed by atoms with Gasteiger partial charge in [0.15, 0.2) is 0 Å². The second-order valence-electron chi connectivity index (χ2n) is 4.44. The predicted molar refractivity (Wildman–Crippen MR) is 79.0 cm³/mol. The van der Waals surface area contributed by atoms with Gasteiger partial charge < -0.3 is 10.1 Å². The van der Waals surface area contributed by atoms with E-state index in [1.54, 1.807) is 18.4 Å². The van der Waals surface area contributed by atoms with Crippen molar-refractivity contribution in [3.05, 3.63) is 46.5 Å². The molecule has 0 saturated carbocycles. The van der Waals surface area contributed by atoms with E-state index in [4.69, 9.17) is 4.74 Å². The van der Waals surface area contributed by atoms with E-state index in [-0.39, 0.29) is 0 Å². The lowest BCUT2D eigenvalue weighted by atomic mass is 9.78. The molecule has 5 nitrogen and oxygen atoms in total. The van der Waals surface area contributed by atoms with Gasteiger partial charge in [-0.3, -0.25) is 9.59 Å². The standard InChI is InChI=1S/C15H14N2O3S/c1-20-15(19)12-11(9-6-4-3-5-7-9)10(8-16)14(21-2)17-13(12)18/h3-7,11-12H,1-2H3,(H,17,18)/t11-,12-/m0/s1. The van der Waals surface area contributed by atoms with Crippen molar-refractivity contribution in [1.29, 1.82) is 5.26 Å². The molecule has 0 aliphatic carbocycles. The summed E-state index contributed by atoms with van der Waals surface area (Å²) in [7, 11) is 1.23. The molecule has 1 heterocycles. The minimum absolute atomic E-state index is 0.378. The molecule has 1 aromatic rings. The Hall–Kier alpha value is -2.26. The Labute approximate surface area is 127 Å². The van der Waals surface area contributed by atoms with Crippen LogP contribution in [0.4, 0.5) is 0 Å². The molecule has 0 radical (unpaired) electrons. The minimum Gasteiger partial charge on any atom is -0.468 e. The molecule has 0 saturated heterocycles. The van der Waals surface area contributed by atoms with Gasteiger partial charge in [-0.25, -0.2) is 0 Å². The van der Waals surface area contributed by atoms with E-state index in [0.29, 0.717) is 10.6 Å². The molecule has 6 heteroatoms. The highest BCUT2D eigenvalue weighted by Gasteiger charge is 2.43. The van der Waals surface area contributed by atoms with Crippen LogP contribution in [0.25, 0.3) is 0 Å². The lowest BCUT2D eigenvalue weighted by Gasteiger charge is -2.30. The Morgan fingerprint density at radius 1 is 1.38 bits per heavy atom. The number of benzene rings is 1. The van der Waals surface area contributed by atoms with Gasteiger partial charge in [0.2, 0.25) is 5.91 Å². The molecule has 2 rings (SSSR count). The maximum Gasteiger partial charge on any atom is 0.319 e. The molecule has 2 atom stereocenters. The number of hydrogen-bond acceptors (Lipinski definition) is 5. The monoisotopic (exact) mass is 302 g/mol. The first-order valence-electron chi connectivity index (χ1n) is 6.26. The van der Waals surface area contributed by atoms with Gasteiger partial charge in [-0.15, -0.1) is 11.8 Å². The molecule has 1 N–H and O–H groups in total. The highest BCUT2D eigenvalue weighted by atomic mass is 32.2. The van der Waals surface area contributed by atoms with Crippen molar-refractivity contribution >= 4 is 23.6 Å². The van der Waals surface area contributed by atoms with Crippen LogP contribution < -0.4 is 5.32 Å². The van der Waals surface area contributed by atoms with E-state index in [0.717, 1.165) is 5.56 Å². The van der Waals surface area contributed by atoms with Crippen molar-refractivity contribution in [3.63, 3.8) is 0 Å². The highest BCUT2D eigenvalue weighted by molar-refractivity contribution is 8.02. The average molecular weight is 302 g/mol. The summed E-state index contributed by atoms with van der Waals surface area (Å²) in [5.74, 6) is -2.77. The van der Waals surface area contributed by atoms with Crippen LogP contribution in [0, 0.1) is 17.2 Å². The largest absolute Gasteiger partial charge is 0.468 e. The van der Waals surface area contributed by atoms with Crippen LogP contribution in [0.3, 0.4) is 0 Å². The zero-order chi connectivity index (χ0) is 15.4. The Morgan fingerprint density at radius 2 is 2.05 bits per heavy atom. The van der Waals surface area contributed by atoms with Crippen LogP contribution in [0.15, 0.2) is 40.9 Å². The fraction of sp³-hybridized carbons (Fsp3) is 0.267. The van der Waals surface area contributed by atoms with Crippen molar-refractivity contribution in [2.45, 2.75) is 5.92 Å². The molecule has 0 bridgehead atoms. The molecule has 1 aliphatic heterocycles. The lowest BCUT2D eigenvalue weighted by molar-refractivity contribution is -0.150.